The lowest BCUT2D eigenvalue weighted by Crippen LogP contribution is -2.54. The molecule has 1 fully saturated rings. The minimum absolute atomic E-state index is 0.292. The molecule has 2 aliphatic heterocycles. The van der Waals surface area contributed by atoms with Crippen LogP contribution in [0.5, 0.6) is 5.75 Å². The van der Waals surface area contributed by atoms with Crippen LogP contribution in [0.4, 0.5) is 5.69 Å². The Morgan fingerprint density at radius 2 is 1.76 bits per heavy atom. The molecule has 168 valence electrons. The second-order valence-corrected chi connectivity index (χ2v) is 8.89. The lowest BCUT2D eigenvalue weighted by atomic mass is 9.78. The Hall–Kier alpha value is -3.42. The second-order valence-electron chi connectivity index (χ2n) is 8.45. The number of fused-ring (bicyclic) bond motifs is 2. The fourth-order valence-electron chi connectivity index (χ4n) is 5.15. The number of rotatable bonds is 5. The number of nitrogens with zero attached hydrogens (tertiary/aromatic N) is 1. The van der Waals surface area contributed by atoms with E-state index in [0.717, 1.165) is 5.56 Å². The van der Waals surface area contributed by atoms with Crippen LogP contribution >= 0.6 is 11.6 Å². The van der Waals surface area contributed by atoms with Crippen LogP contribution in [-0.4, -0.2) is 22.9 Å². The van der Waals surface area contributed by atoms with E-state index in [1.807, 2.05) is 43.3 Å². The Morgan fingerprint density at radius 3 is 2.52 bits per heavy atom. The van der Waals surface area contributed by atoms with Gasteiger partial charge >= 0.3 is 0 Å². The van der Waals surface area contributed by atoms with Gasteiger partial charge in [-0.1, -0.05) is 60.1 Å². The molecule has 0 aromatic heterocycles. The highest BCUT2D eigenvalue weighted by Crippen LogP contribution is 2.50. The first-order chi connectivity index (χ1) is 15.9. The van der Waals surface area contributed by atoms with Gasteiger partial charge in [-0.25, -0.2) is 0 Å². The predicted molar refractivity (Wildman–Crippen MR) is 125 cm³/mol. The molecule has 3 aromatic carbocycles. The first-order valence-corrected chi connectivity index (χ1v) is 11.1. The number of ether oxygens (including phenoxy) is 1. The Labute approximate surface area is 195 Å². The van der Waals surface area contributed by atoms with Crippen LogP contribution in [0.2, 0.25) is 5.02 Å². The molecule has 2 heterocycles. The molecule has 0 aliphatic carbocycles. The summed E-state index contributed by atoms with van der Waals surface area (Å²) in [4.78, 5) is 25.4. The van der Waals surface area contributed by atoms with Gasteiger partial charge in [-0.15, -0.1) is 0 Å². The third-order valence-electron chi connectivity index (χ3n) is 6.55. The van der Waals surface area contributed by atoms with Crippen LogP contribution in [0, 0.1) is 10.1 Å². The van der Waals surface area contributed by atoms with Crippen molar-refractivity contribution in [3.63, 3.8) is 0 Å². The van der Waals surface area contributed by atoms with Gasteiger partial charge in [0, 0.05) is 32.8 Å². The average molecular weight is 464 g/mol. The smallest absolute Gasteiger partial charge is 0.256 e. The molecule has 1 spiro atoms. The van der Waals surface area contributed by atoms with Gasteiger partial charge in [0.15, 0.2) is 5.54 Å². The SMILES string of the molecule is C[C@@H]1N[C@]2(C(=O)Nc3ccccc32)[C@H]([N+](=O)[O-])[C@H]1c1ccccc1OCc1ccc(Cl)cc1. The molecule has 2 aliphatic rings. The number of halogens is 1. The van der Waals surface area contributed by atoms with E-state index < -0.39 is 23.4 Å². The van der Waals surface area contributed by atoms with Crippen LogP contribution in [0.1, 0.15) is 29.5 Å². The Kier molecular flexibility index (Phi) is 5.31. The van der Waals surface area contributed by atoms with Crippen molar-refractivity contribution in [3.8, 4) is 5.75 Å². The average Bonchev–Trinajstić information content (AvgIpc) is 3.27. The molecule has 1 saturated heterocycles. The fourth-order valence-corrected chi connectivity index (χ4v) is 5.28. The van der Waals surface area contributed by atoms with Crippen LogP contribution in [0.25, 0.3) is 0 Å². The maximum absolute atomic E-state index is 13.2. The highest BCUT2D eigenvalue weighted by molar-refractivity contribution is 6.30. The lowest BCUT2D eigenvalue weighted by molar-refractivity contribution is -0.532. The number of hydrogen-bond acceptors (Lipinski definition) is 5. The van der Waals surface area contributed by atoms with Crippen molar-refractivity contribution in [2.75, 3.05) is 5.32 Å². The normalized spacial score (nSPS) is 25.6. The van der Waals surface area contributed by atoms with E-state index >= 15 is 0 Å². The molecule has 33 heavy (non-hydrogen) atoms. The molecule has 8 heteroatoms. The van der Waals surface area contributed by atoms with Gasteiger partial charge in [0.25, 0.3) is 11.9 Å². The first kappa shape index (κ1) is 21.4. The Morgan fingerprint density at radius 1 is 1.06 bits per heavy atom. The summed E-state index contributed by atoms with van der Waals surface area (Å²) in [5, 5.41) is 19.3. The van der Waals surface area contributed by atoms with Crippen LogP contribution < -0.4 is 15.4 Å². The maximum Gasteiger partial charge on any atom is 0.256 e. The minimum Gasteiger partial charge on any atom is -0.489 e. The van der Waals surface area contributed by atoms with Crippen LogP contribution in [0.15, 0.2) is 72.8 Å². The van der Waals surface area contributed by atoms with E-state index in [2.05, 4.69) is 10.6 Å². The highest BCUT2D eigenvalue weighted by Gasteiger charge is 2.67. The number of amides is 1. The van der Waals surface area contributed by atoms with Crippen LogP contribution in [0.3, 0.4) is 0 Å². The number of carbonyl (C=O) groups is 1. The highest BCUT2D eigenvalue weighted by atomic mass is 35.5. The lowest BCUT2D eigenvalue weighted by Gasteiger charge is -2.26. The summed E-state index contributed by atoms with van der Waals surface area (Å²) in [7, 11) is 0. The minimum atomic E-state index is -1.45. The molecule has 4 atom stereocenters. The molecule has 2 N–H and O–H groups in total. The summed E-state index contributed by atoms with van der Waals surface area (Å²) < 4.78 is 6.11. The predicted octanol–water partition coefficient (Wildman–Crippen LogP) is 4.49. The molecule has 0 saturated carbocycles. The van der Waals surface area contributed by atoms with Gasteiger partial charge in [-0.3, -0.25) is 20.2 Å². The third kappa shape index (κ3) is 3.44. The van der Waals surface area contributed by atoms with Crippen molar-refractivity contribution in [2.45, 2.75) is 37.1 Å². The standard InChI is InChI=1S/C25H22ClN3O4/c1-15-22(18-6-2-5-9-21(18)33-14-16-10-12-17(26)13-11-16)23(29(31)32)25(28-15)19-7-3-4-8-20(19)27-24(25)30/h2-13,15,22-23,28H,14H2,1H3,(H,27,30)/t15-,22+,23+,25-/m0/s1. The third-order valence-corrected chi connectivity index (χ3v) is 6.80. The summed E-state index contributed by atoms with van der Waals surface area (Å²) >= 11 is 5.96. The van der Waals surface area contributed by atoms with E-state index in [0.29, 0.717) is 34.2 Å². The molecule has 0 unspecified atom stereocenters. The van der Waals surface area contributed by atoms with Gasteiger partial charge < -0.3 is 10.1 Å². The summed E-state index contributed by atoms with van der Waals surface area (Å²) in [6, 6.07) is 20.2. The number of carbonyl (C=O) groups excluding carboxylic acids is 1. The monoisotopic (exact) mass is 463 g/mol. The molecular weight excluding hydrogens is 442 g/mol. The van der Waals surface area contributed by atoms with E-state index in [1.165, 1.54) is 0 Å². The van der Waals surface area contributed by atoms with E-state index in [4.69, 9.17) is 16.3 Å². The second kappa shape index (κ2) is 8.17. The molecule has 7 nitrogen and oxygen atoms in total. The molecule has 1 amide bonds. The van der Waals surface area contributed by atoms with Crippen molar-refractivity contribution in [1.29, 1.82) is 0 Å². The number of benzene rings is 3. The number of anilines is 1. The fraction of sp³-hybridized carbons (Fsp3) is 0.240. The van der Waals surface area contributed by atoms with Crippen molar-refractivity contribution < 1.29 is 14.5 Å². The zero-order valence-electron chi connectivity index (χ0n) is 17.8. The van der Waals surface area contributed by atoms with Gasteiger partial charge in [0.05, 0.1) is 5.92 Å². The number of nitro groups is 1. The van der Waals surface area contributed by atoms with Crippen molar-refractivity contribution in [2.24, 2.45) is 0 Å². The Balaban J connectivity index is 1.54. The zero-order valence-corrected chi connectivity index (χ0v) is 18.6. The summed E-state index contributed by atoms with van der Waals surface area (Å²) in [6.07, 6.45) is 0. The van der Waals surface area contributed by atoms with Gasteiger partial charge in [0.1, 0.15) is 12.4 Å². The van der Waals surface area contributed by atoms with Gasteiger partial charge in [-0.05, 0) is 36.8 Å². The van der Waals surface area contributed by atoms with Crippen molar-refractivity contribution >= 4 is 23.2 Å². The largest absolute Gasteiger partial charge is 0.489 e. The molecule has 3 aromatic rings. The number of hydrogen-bond donors (Lipinski definition) is 2. The first-order valence-electron chi connectivity index (χ1n) is 10.7. The number of para-hydroxylation sites is 2. The summed E-state index contributed by atoms with van der Waals surface area (Å²) in [6.45, 7) is 2.17. The molecule has 0 radical (unpaired) electrons. The van der Waals surface area contributed by atoms with Crippen molar-refractivity contribution in [1.82, 2.24) is 5.32 Å². The van der Waals surface area contributed by atoms with E-state index in [1.54, 1.807) is 36.4 Å². The van der Waals surface area contributed by atoms with Gasteiger partial charge in [0.2, 0.25) is 0 Å². The quantitative estimate of drug-likeness (QED) is 0.429. The zero-order chi connectivity index (χ0) is 23.2. The molecule has 0 bridgehead atoms. The van der Waals surface area contributed by atoms with E-state index in [-0.39, 0.29) is 11.0 Å². The van der Waals surface area contributed by atoms with Crippen molar-refractivity contribution in [3.05, 3.63) is 105 Å². The molecule has 5 rings (SSSR count). The summed E-state index contributed by atoms with van der Waals surface area (Å²) in [5.41, 5.74) is 1.38. The van der Waals surface area contributed by atoms with E-state index in [9.17, 15) is 14.9 Å². The topological polar surface area (TPSA) is 93.5 Å². The molecular formula is C25H22ClN3O4. The number of nitrogens with one attached hydrogen (secondary N) is 2. The van der Waals surface area contributed by atoms with Crippen LogP contribution in [-0.2, 0) is 16.9 Å². The maximum atomic E-state index is 13.2. The summed E-state index contributed by atoms with van der Waals surface area (Å²) in [5.74, 6) is -0.431. The van der Waals surface area contributed by atoms with Gasteiger partial charge in [-0.2, -0.15) is 0 Å². The Bertz CT molecular complexity index is 1230.